The van der Waals surface area contributed by atoms with Crippen LogP contribution in [0.2, 0.25) is 0 Å². The number of hydrogen-bond acceptors (Lipinski definition) is 6. The molecule has 2 heterocycles. The number of aromatic nitrogens is 3. The lowest BCUT2D eigenvalue weighted by atomic mass is 10.1. The van der Waals surface area contributed by atoms with Crippen molar-refractivity contribution in [1.82, 2.24) is 20.1 Å². The average Bonchev–Trinajstić information content (AvgIpc) is 2.91. The predicted octanol–water partition coefficient (Wildman–Crippen LogP) is 3.24. The number of fused-ring (bicyclic) bond motifs is 1. The van der Waals surface area contributed by atoms with Crippen molar-refractivity contribution in [3.05, 3.63) is 17.5 Å². The van der Waals surface area contributed by atoms with Crippen molar-refractivity contribution in [3.63, 3.8) is 0 Å². The van der Waals surface area contributed by atoms with Crippen molar-refractivity contribution in [1.29, 1.82) is 0 Å². The van der Waals surface area contributed by atoms with Gasteiger partial charge in [0.25, 0.3) is 5.91 Å². The zero-order valence-corrected chi connectivity index (χ0v) is 17.5. The Bertz CT molecular complexity index is 817. The van der Waals surface area contributed by atoms with E-state index in [1.54, 1.807) is 22.6 Å². The highest BCUT2D eigenvalue weighted by molar-refractivity contribution is 8.00. The molecule has 0 spiro atoms. The second-order valence-electron chi connectivity index (χ2n) is 6.72. The van der Waals surface area contributed by atoms with Crippen LogP contribution in [0.3, 0.4) is 0 Å². The van der Waals surface area contributed by atoms with Gasteiger partial charge in [-0.1, -0.05) is 20.3 Å². The van der Waals surface area contributed by atoms with Crippen molar-refractivity contribution >= 4 is 34.7 Å². The zero-order valence-electron chi connectivity index (χ0n) is 16.7. The Morgan fingerprint density at radius 2 is 2.04 bits per heavy atom. The summed E-state index contributed by atoms with van der Waals surface area (Å²) in [5.74, 6) is -0.315. The monoisotopic (exact) mass is 392 g/mol. The van der Waals surface area contributed by atoms with Crippen LogP contribution in [0.25, 0.3) is 11.0 Å². The van der Waals surface area contributed by atoms with Crippen LogP contribution in [0.1, 0.15) is 55.6 Å². The number of thioether (sulfide) groups is 1. The van der Waals surface area contributed by atoms with Crippen LogP contribution >= 0.6 is 11.8 Å². The lowest BCUT2D eigenvalue weighted by Gasteiger charge is -2.13. The van der Waals surface area contributed by atoms with Gasteiger partial charge in [0, 0.05) is 36.4 Å². The molecule has 1 amide bonds. The molecule has 0 aliphatic carbocycles. The van der Waals surface area contributed by atoms with Gasteiger partial charge in [0.05, 0.1) is 23.8 Å². The summed E-state index contributed by atoms with van der Waals surface area (Å²) in [5.41, 5.74) is 2.25. The van der Waals surface area contributed by atoms with Crippen LogP contribution in [0.15, 0.2) is 11.1 Å². The summed E-state index contributed by atoms with van der Waals surface area (Å²) in [6, 6.07) is 0. The number of esters is 1. The lowest BCUT2D eigenvalue weighted by molar-refractivity contribution is -0.140. The number of amides is 1. The minimum absolute atomic E-state index is 0.122. The molecule has 0 fully saturated rings. The second kappa shape index (κ2) is 9.73. The van der Waals surface area contributed by atoms with E-state index < -0.39 is 0 Å². The van der Waals surface area contributed by atoms with E-state index >= 15 is 0 Å². The summed E-state index contributed by atoms with van der Waals surface area (Å²) in [4.78, 5) is 29.2. The molecular weight excluding hydrogens is 364 g/mol. The van der Waals surface area contributed by atoms with Crippen molar-refractivity contribution in [2.75, 3.05) is 13.7 Å². The standard InChI is InChI=1S/C19H28N4O3S/c1-12(2)27-17-14(11-21-18-16(17)13(3)22-23(18)4)19(25)20-10-8-6-7-9-15(24)26-5/h11-12H,6-10H2,1-5H3,(H,20,25). The largest absolute Gasteiger partial charge is 0.469 e. The first-order valence-corrected chi connectivity index (χ1v) is 10.1. The number of carbonyl (C=O) groups is 2. The SMILES string of the molecule is COC(=O)CCCCCNC(=O)c1cnc2c(c(C)nn2C)c1SC(C)C. The maximum atomic E-state index is 12.7. The number of rotatable bonds is 9. The topological polar surface area (TPSA) is 86.1 Å². The molecular formula is C19H28N4O3S. The van der Waals surface area contributed by atoms with Crippen molar-refractivity contribution < 1.29 is 14.3 Å². The van der Waals surface area contributed by atoms with Gasteiger partial charge in [-0.25, -0.2) is 4.98 Å². The minimum atomic E-state index is -0.194. The second-order valence-corrected chi connectivity index (χ2v) is 8.30. The van der Waals surface area contributed by atoms with E-state index in [1.807, 2.05) is 14.0 Å². The third-order valence-electron chi connectivity index (χ3n) is 4.15. The number of carbonyl (C=O) groups excluding carboxylic acids is 2. The summed E-state index contributed by atoms with van der Waals surface area (Å²) < 4.78 is 6.37. The van der Waals surface area contributed by atoms with Gasteiger partial charge in [-0.15, -0.1) is 11.8 Å². The molecule has 0 atom stereocenters. The molecule has 0 unspecified atom stereocenters. The zero-order chi connectivity index (χ0) is 20.0. The molecule has 0 saturated carbocycles. The highest BCUT2D eigenvalue weighted by Crippen LogP contribution is 2.34. The first-order valence-electron chi connectivity index (χ1n) is 9.19. The Labute approximate surface area is 164 Å². The molecule has 2 aromatic rings. The van der Waals surface area contributed by atoms with Crippen LogP contribution in [0.5, 0.6) is 0 Å². The van der Waals surface area contributed by atoms with Crippen molar-refractivity contribution in [3.8, 4) is 0 Å². The lowest BCUT2D eigenvalue weighted by Crippen LogP contribution is -2.25. The van der Waals surface area contributed by atoms with Crippen molar-refractivity contribution in [2.45, 2.75) is 56.6 Å². The number of methoxy groups -OCH3 is 1. The molecule has 1 N–H and O–H groups in total. The van der Waals surface area contributed by atoms with Crippen molar-refractivity contribution in [2.24, 2.45) is 7.05 Å². The van der Waals surface area contributed by atoms with E-state index in [4.69, 9.17) is 0 Å². The number of nitrogens with zero attached hydrogens (tertiary/aromatic N) is 3. The number of pyridine rings is 1. The van der Waals surface area contributed by atoms with Gasteiger partial charge in [-0.2, -0.15) is 5.10 Å². The average molecular weight is 393 g/mol. The molecule has 0 bridgehead atoms. The third-order valence-corrected chi connectivity index (χ3v) is 5.28. The molecule has 8 heteroatoms. The summed E-state index contributed by atoms with van der Waals surface area (Å²) in [5, 5.41) is 8.70. The Balaban J connectivity index is 2.07. The number of nitrogens with one attached hydrogen (secondary N) is 1. The Morgan fingerprint density at radius 1 is 1.30 bits per heavy atom. The predicted molar refractivity (Wildman–Crippen MR) is 107 cm³/mol. The van der Waals surface area contributed by atoms with Gasteiger partial charge in [-0.05, 0) is 19.8 Å². The van der Waals surface area contributed by atoms with Crippen LogP contribution < -0.4 is 5.32 Å². The van der Waals surface area contributed by atoms with Gasteiger partial charge in [0.2, 0.25) is 0 Å². The Morgan fingerprint density at radius 3 is 2.70 bits per heavy atom. The van der Waals surface area contributed by atoms with E-state index in [-0.39, 0.29) is 11.9 Å². The fourth-order valence-corrected chi connectivity index (χ4v) is 3.97. The number of hydrogen-bond donors (Lipinski definition) is 1. The quantitative estimate of drug-likeness (QED) is 0.400. The normalized spacial score (nSPS) is 11.2. The fraction of sp³-hybridized carbons (Fsp3) is 0.579. The fourth-order valence-electron chi connectivity index (χ4n) is 2.87. The van der Waals surface area contributed by atoms with E-state index in [0.717, 1.165) is 40.9 Å². The summed E-state index contributed by atoms with van der Waals surface area (Å²) >= 11 is 1.66. The Kier molecular flexibility index (Phi) is 7.65. The molecule has 148 valence electrons. The highest BCUT2D eigenvalue weighted by Gasteiger charge is 2.20. The summed E-state index contributed by atoms with van der Waals surface area (Å²) in [6.45, 7) is 6.71. The van der Waals surface area contributed by atoms with Gasteiger partial charge >= 0.3 is 5.97 Å². The first-order chi connectivity index (χ1) is 12.8. The first kappa shape index (κ1) is 21.2. The number of unbranched alkanes of at least 4 members (excludes halogenated alkanes) is 2. The molecule has 0 radical (unpaired) electrons. The van der Waals surface area contributed by atoms with Gasteiger partial charge in [0.1, 0.15) is 0 Å². The molecule has 2 rings (SSSR count). The van der Waals surface area contributed by atoms with Crippen LogP contribution in [0.4, 0.5) is 0 Å². The van der Waals surface area contributed by atoms with E-state index in [1.165, 1.54) is 7.11 Å². The molecule has 7 nitrogen and oxygen atoms in total. The molecule has 0 aliphatic rings. The van der Waals surface area contributed by atoms with Crippen LogP contribution in [-0.2, 0) is 16.6 Å². The maximum absolute atomic E-state index is 12.7. The van der Waals surface area contributed by atoms with Gasteiger partial charge in [0.15, 0.2) is 5.65 Å². The molecule has 27 heavy (non-hydrogen) atoms. The number of ether oxygens (including phenoxy) is 1. The summed E-state index contributed by atoms with van der Waals surface area (Å²) in [6.07, 6.45) is 4.50. The van der Waals surface area contributed by atoms with Gasteiger partial charge < -0.3 is 10.1 Å². The van der Waals surface area contributed by atoms with Gasteiger partial charge in [-0.3, -0.25) is 14.3 Å². The smallest absolute Gasteiger partial charge is 0.305 e. The van der Waals surface area contributed by atoms with E-state index in [9.17, 15) is 9.59 Å². The third kappa shape index (κ3) is 5.45. The number of aryl methyl sites for hydroxylation is 2. The summed E-state index contributed by atoms with van der Waals surface area (Å²) in [7, 11) is 3.25. The molecule has 0 aliphatic heterocycles. The minimum Gasteiger partial charge on any atom is -0.469 e. The molecule has 0 aromatic carbocycles. The highest BCUT2D eigenvalue weighted by atomic mass is 32.2. The molecule has 0 saturated heterocycles. The maximum Gasteiger partial charge on any atom is 0.305 e. The Hall–Kier alpha value is -2.09. The van der Waals surface area contributed by atoms with E-state index in [0.29, 0.717) is 23.8 Å². The van der Waals surface area contributed by atoms with Crippen LogP contribution in [0, 0.1) is 6.92 Å². The molecule has 2 aromatic heterocycles. The van der Waals surface area contributed by atoms with E-state index in [2.05, 4.69) is 34.0 Å². The van der Waals surface area contributed by atoms with Crippen LogP contribution in [-0.4, -0.2) is 45.5 Å².